The third-order valence-electron chi connectivity index (χ3n) is 3.61. The van der Waals surface area contributed by atoms with Gasteiger partial charge in [-0.1, -0.05) is 48.5 Å². The number of anilines is 1. The first-order valence-electron chi connectivity index (χ1n) is 7.98. The van der Waals surface area contributed by atoms with Gasteiger partial charge in [-0.05, 0) is 37.1 Å². The van der Waals surface area contributed by atoms with Crippen molar-refractivity contribution in [3.8, 4) is 0 Å². The third-order valence-corrected chi connectivity index (χ3v) is 3.61. The number of hydrogen-bond acceptors (Lipinski definition) is 2. The topological polar surface area (TPSA) is 49.4 Å². The van der Waals surface area contributed by atoms with Gasteiger partial charge in [0.1, 0.15) is 6.42 Å². The van der Waals surface area contributed by atoms with Crippen molar-refractivity contribution < 1.29 is 9.59 Å². The van der Waals surface area contributed by atoms with Gasteiger partial charge >= 0.3 is 0 Å². The van der Waals surface area contributed by atoms with Gasteiger partial charge in [-0.2, -0.15) is 0 Å². The lowest BCUT2D eigenvalue weighted by Crippen LogP contribution is -2.29. The molecule has 0 bridgehead atoms. The molecule has 1 N–H and O–H groups in total. The van der Waals surface area contributed by atoms with E-state index in [1.807, 2.05) is 62.4 Å². The standard InChI is InChI=1S/C20H22N2O2/c1-3-22(15-16(2)17-10-6-4-7-11-17)20(24)14-19(23)21-18-12-8-5-9-13-18/h4-13,15H,3,14H2,1-2H3,(H,21,23)/b16-15+. The van der Waals surface area contributed by atoms with Crippen LogP contribution < -0.4 is 5.32 Å². The number of benzene rings is 2. The summed E-state index contributed by atoms with van der Waals surface area (Å²) in [5.74, 6) is -0.531. The largest absolute Gasteiger partial charge is 0.326 e. The molecule has 0 saturated heterocycles. The summed E-state index contributed by atoms with van der Waals surface area (Å²) >= 11 is 0. The van der Waals surface area contributed by atoms with Crippen LogP contribution in [0.15, 0.2) is 66.9 Å². The van der Waals surface area contributed by atoms with Crippen LogP contribution in [0, 0.1) is 0 Å². The fraction of sp³-hybridized carbons (Fsp3) is 0.200. The highest BCUT2D eigenvalue weighted by Gasteiger charge is 2.15. The van der Waals surface area contributed by atoms with E-state index in [1.165, 1.54) is 0 Å². The van der Waals surface area contributed by atoms with Crippen molar-refractivity contribution >= 4 is 23.1 Å². The lowest BCUT2D eigenvalue weighted by Gasteiger charge is -2.17. The fourth-order valence-corrected chi connectivity index (χ4v) is 2.31. The first-order chi connectivity index (χ1) is 11.6. The van der Waals surface area contributed by atoms with E-state index in [0.29, 0.717) is 12.2 Å². The Morgan fingerprint density at radius 3 is 2.17 bits per heavy atom. The van der Waals surface area contributed by atoms with Crippen LogP contribution in [0.25, 0.3) is 5.57 Å². The molecule has 0 saturated carbocycles. The van der Waals surface area contributed by atoms with Crippen LogP contribution in [-0.2, 0) is 9.59 Å². The van der Waals surface area contributed by atoms with Gasteiger partial charge in [0.25, 0.3) is 0 Å². The van der Waals surface area contributed by atoms with Crippen molar-refractivity contribution in [3.63, 3.8) is 0 Å². The highest BCUT2D eigenvalue weighted by molar-refractivity contribution is 6.04. The molecule has 0 unspecified atom stereocenters. The smallest absolute Gasteiger partial charge is 0.235 e. The Kier molecular flexibility index (Phi) is 6.32. The second kappa shape index (κ2) is 8.67. The summed E-state index contributed by atoms with van der Waals surface area (Å²) in [6, 6.07) is 19.0. The molecular formula is C20H22N2O2. The van der Waals surface area contributed by atoms with Crippen LogP contribution in [0.1, 0.15) is 25.8 Å². The number of nitrogens with one attached hydrogen (secondary N) is 1. The number of rotatable bonds is 6. The first kappa shape index (κ1) is 17.5. The number of amides is 2. The molecular weight excluding hydrogens is 300 g/mol. The van der Waals surface area contributed by atoms with Gasteiger partial charge in [0.05, 0.1) is 0 Å². The van der Waals surface area contributed by atoms with E-state index >= 15 is 0 Å². The molecule has 24 heavy (non-hydrogen) atoms. The summed E-state index contributed by atoms with van der Waals surface area (Å²) in [7, 11) is 0. The molecule has 2 amide bonds. The predicted octanol–water partition coefficient (Wildman–Crippen LogP) is 3.92. The molecule has 0 aliphatic heterocycles. The lowest BCUT2D eigenvalue weighted by molar-refractivity contribution is -0.132. The summed E-state index contributed by atoms with van der Waals surface area (Å²) in [4.78, 5) is 26.0. The Balaban J connectivity index is 1.99. The molecule has 0 spiro atoms. The van der Waals surface area contributed by atoms with Gasteiger partial charge in [0, 0.05) is 18.4 Å². The van der Waals surface area contributed by atoms with Gasteiger partial charge in [-0.3, -0.25) is 9.59 Å². The van der Waals surface area contributed by atoms with Crippen LogP contribution in [0.4, 0.5) is 5.69 Å². The minimum absolute atomic E-state index is 0.179. The minimum atomic E-state index is -0.310. The number of para-hydroxylation sites is 1. The fourth-order valence-electron chi connectivity index (χ4n) is 2.31. The number of carbonyl (C=O) groups excluding carboxylic acids is 2. The van der Waals surface area contributed by atoms with Crippen molar-refractivity contribution in [2.75, 3.05) is 11.9 Å². The Bertz CT molecular complexity index is 709. The Morgan fingerprint density at radius 1 is 1.00 bits per heavy atom. The number of hydrogen-bond donors (Lipinski definition) is 1. The normalized spacial score (nSPS) is 11.0. The zero-order valence-electron chi connectivity index (χ0n) is 14.0. The van der Waals surface area contributed by atoms with Crippen LogP contribution >= 0.6 is 0 Å². The minimum Gasteiger partial charge on any atom is -0.326 e. The second-order valence-electron chi connectivity index (χ2n) is 5.45. The maximum atomic E-state index is 12.4. The summed E-state index contributed by atoms with van der Waals surface area (Å²) < 4.78 is 0. The van der Waals surface area contributed by atoms with E-state index in [4.69, 9.17) is 0 Å². The van der Waals surface area contributed by atoms with Crippen LogP contribution in [0.5, 0.6) is 0 Å². The van der Waals surface area contributed by atoms with Crippen molar-refractivity contribution in [3.05, 3.63) is 72.4 Å². The van der Waals surface area contributed by atoms with Crippen LogP contribution in [0.2, 0.25) is 0 Å². The van der Waals surface area contributed by atoms with E-state index in [1.54, 1.807) is 23.2 Å². The number of allylic oxidation sites excluding steroid dienone is 1. The molecule has 0 atom stereocenters. The molecule has 4 heteroatoms. The van der Waals surface area contributed by atoms with Gasteiger partial charge in [0.2, 0.25) is 11.8 Å². The highest BCUT2D eigenvalue weighted by atomic mass is 16.2. The summed E-state index contributed by atoms with van der Waals surface area (Å²) in [5.41, 5.74) is 2.72. The number of nitrogens with zero attached hydrogens (tertiary/aromatic N) is 1. The first-order valence-corrected chi connectivity index (χ1v) is 7.98. The van der Waals surface area contributed by atoms with Crippen molar-refractivity contribution in [2.45, 2.75) is 20.3 Å². The molecule has 124 valence electrons. The van der Waals surface area contributed by atoms with E-state index < -0.39 is 0 Å². The molecule has 0 radical (unpaired) electrons. The highest BCUT2D eigenvalue weighted by Crippen LogP contribution is 2.14. The maximum absolute atomic E-state index is 12.4. The van der Waals surface area contributed by atoms with Crippen molar-refractivity contribution in [1.82, 2.24) is 4.90 Å². The summed E-state index contributed by atoms with van der Waals surface area (Å²) in [5, 5.41) is 2.73. The molecule has 4 nitrogen and oxygen atoms in total. The third kappa shape index (κ3) is 5.09. The lowest BCUT2D eigenvalue weighted by atomic mass is 10.1. The van der Waals surface area contributed by atoms with Crippen LogP contribution in [0.3, 0.4) is 0 Å². The Labute approximate surface area is 142 Å². The van der Waals surface area contributed by atoms with E-state index in [9.17, 15) is 9.59 Å². The van der Waals surface area contributed by atoms with Gasteiger partial charge < -0.3 is 10.2 Å². The molecule has 0 heterocycles. The van der Waals surface area contributed by atoms with E-state index in [-0.39, 0.29) is 18.2 Å². The van der Waals surface area contributed by atoms with Gasteiger partial charge in [0.15, 0.2) is 0 Å². The van der Waals surface area contributed by atoms with E-state index in [2.05, 4.69) is 5.32 Å². The zero-order valence-corrected chi connectivity index (χ0v) is 14.0. The summed E-state index contributed by atoms with van der Waals surface area (Å²) in [6.45, 7) is 4.36. The second-order valence-corrected chi connectivity index (χ2v) is 5.45. The van der Waals surface area contributed by atoms with Gasteiger partial charge in [-0.25, -0.2) is 0 Å². The zero-order chi connectivity index (χ0) is 17.4. The molecule has 2 aromatic carbocycles. The SMILES string of the molecule is CCN(/C=C(\C)c1ccccc1)C(=O)CC(=O)Nc1ccccc1. The molecule has 2 rings (SSSR count). The molecule has 0 aromatic heterocycles. The van der Waals surface area contributed by atoms with E-state index in [0.717, 1.165) is 11.1 Å². The Hall–Kier alpha value is -2.88. The predicted molar refractivity (Wildman–Crippen MR) is 97.2 cm³/mol. The monoisotopic (exact) mass is 322 g/mol. The molecule has 2 aromatic rings. The quantitative estimate of drug-likeness (QED) is 0.819. The average molecular weight is 322 g/mol. The molecule has 0 fully saturated rings. The van der Waals surface area contributed by atoms with Crippen molar-refractivity contribution in [2.24, 2.45) is 0 Å². The summed E-state index contributed by atoms with van der Waals surface area (Å²) in [6.07, 6.45) is 1.62. The van der Waals surface area contributed by atoms with Crippen molar-refractivity contribution in [1.29, 1.82) is 0 Å². The average Bonchev–Trinajstić information content (AvgIpc) is 2.60. The molecule has 0 aliphatic rings. The molecule has 0 aliphatic carbocycles. The Morgan fingerprint density at radius 2 is 1.58 bits per heavy atom. The van der Waals surface area contributed by atoms with Crippen LogP contribution in [-0.4, -0.2) is 23.3 Å². The number of carbonyl (C=O) groups is 2. The maximum Gasteiger partial charge on any atom is 0.235 e. The van der Waals surface area contributed by atoms with Gasteiger partial charge in [-0.15, -0.1) is 0 Å².